The molecule has 2 rings (SSSR count). The number of aliphatic hydroxyl groups is 1. The van der Waals surface area contributed by atoms with Gasteiger partial charge < -0.3 is 14.7 Å². The van der Waals surface area contributed by atoms with Crippen LogP contribution in [0.2, 0.25) is 0 Å². The van der Waals surface area contributed by atoms with Gasteiger partial charge in [0.15, 0.2) is 0 Å². The molecule has 1 saturated heterocycles. The number of nitrogens with zero attached hydrogens (tertiary/aromatic N) is 1. The lowest BCUT2D eigenvalue weighted by Gasteiger charge is -2.19. The lowest BCUT2D eigenvalue weighted by atomic mass is 10.2. The van der Waals surface area contributed by atoms with Gasteiger partial charge >= 0.3 is 5.97 Å². The van der Waals surface area contributed by atoms with Crippen LogP contribution in [0.4, 0.5) is 5.69 Å². The second-order valence-corrected chi connectivity index (χ2v) is 7.16. The van der Waals surface area contributed by atoms with Crippen LogP contribution < -0.4 is 9.62 Å². The molecule has 8 nitrogen and oxygen atoms in total. The number of aliphatic hydroxyl groups excluding tert-OH is 1. The predicted octanol–water partition coefficient (Wildman–Crippen LogP) is -0.0660. The maximum absolute atomic E-state index is 12.4. The summed E-state index contributed by atoms with van der Waals surface area (Å²) in [6.45, 7) is 1.49. The molecule has 1 amide bonds. The number of methoxy groups -OCH3 is 1. The number of sulfonamides is 1. The molecule has 1 aromatic carbocycles. The molecule has 0 aliphatic carbocycles. The molecule has 0 radical (unpaired) electrons. The summed E-state index contributed by atoms with van der Waals surface area (Å²) in [5, 5.41) is 9.15. The number of amides is 1. The molecule has 9 heteroatoms. The summed E-state index contributed by atoms with van der Waals surface area (Å²) in [5.41, 5.74) is 1.07. The Labute approximate surface area is 140 Å². The average molecular weight is 356 g/mol. The first-order valence-corrected chi connectivity index (χ1v) is 8.90. The fourth-order valence-electron chi connectivity index (χ4n) is 2.58. The van der Waals surface area contributed by atoms with Gasteiger partial charge in [-0.15, -0.1) is 0 Å². The van der Waals surface area contributed by atoms with E-state index >= 15 is 0 Å². The highest BCUT2D eigenvalue weighted by molar-refractivity contribution is 7.89. The Morgan fingerprint density at radius 1 is 1.46 bits per heavy atom. The highest BCUT2D eigenvalue weighted by Crippen LogP contribution is 2.26. The van der Waals surface area contributed by atoms with Crippen LogP contribution >= 0.6 is 0 Å². The number of benzene rings is 1. The molecule has 0 saturated carbocycles. The standard InChI is InChI=1S/C15H20N2O6S/c1-10-8-11(17-7-3-4-14(17)19)5-6-13(10)24(21,22)16-12(9-18)15(20)23-2/h5-6,8,12,16,18H,3-4,7,9H2,1-2H3/t12-/m0/s1. The number of ether oxygens (including phenoxy) is 1. The van der Waals surface area contributed by atoms with Crippen LogP contribution in [-0.2, 0) is 24.3 Å². The number of anilines is 1. The summed E-state index contributed by atoms with van der Waals surface area (Å²) in [6.07, 6.45) is 1.26. The fourth-order valence-corrected chi connectivity index (χ4v) is 3.98. The molecule has 1 atom stereocenters. The summed E-state index contributed by atoms with van der Waals surface area (Å²) in [4.78, 5) is 24.8. The smallest absolute Gasteiger partial charge is 0.326 e. The second-order valence-electron chi connectivity index (χ2n) is 5.48. The Balaban J connectivity index is 2.27. The van der Waals surface area contributed by atoms with Gasteiger partial charge in [-0.25, -0.2) is 8.42 Å². The molecule has 1 aromatic rings. The Morgan fingerprint density at radius 2 is 2.17 bits per heavy atom. The summed E-state index contributed by atoms with van der Waals surface area (Å²) in [6, 6.07) is 3.17. The average Bonchev–Trinajstić information content (AvgIpc) is 2.97. The number of hydrogen-bond donors (Lipinski definition) is 2. The van der Waals surface area contributed by atoms with E-state index in [2.05, 4.69) is 9.46 Å². The van der Waals surface area contributed by atoms with Gasteiger partial charge in [0.25, 0.3) is 0 Å². The molecule has 132 valence electrons. The zero-order valence-corrected chi connectivity index (χ0v) is 14.3. The molecule has 0 spiro atoms. The van der Waals surface area contributed by atoms with Crippen LogP contribution in [-0.4, -0.2) is 51.7 Å². The Kier molecular flexibility index (Phi) is 5.58. The SMILES string of the molecule is COC(=O)[C@H](CO)NS(=O)(=O)c1ccc(N2CCCC2=O)cc1C. The monoisotopic (exact) mass is 356 g/mol. The van der Waals surface area contributed by atoms with Crippen LogP contribution in [0.3, 0.4) is 0 Å². The molecule has 1 aliphatic rings. The summed E-state index contributed by atoms with van der Waals surface area (Å²) >= 11 is 0. The number of esters is 1. The zero-order valence-electron chi connectivity index (χ0n) is 13.5. The van der Waals surface area contributed by atoms with Gasteiger partial charge in [0, 0.05) is 18.7 Å². The molecule has 0 unspecified atom stereocenters. The number of aryl methyl sites for hydroxylation is 1. The van der Waals surface area contributed by atoms with Crippen molar-refractivity contribution in [2.45, 2.75) is 30.7 Å². The maximum atomic E-state index is 12.4. The van der Waals surface area contributed by atoms with Crippen molar-refractivity contribution in [2.75, 3.05) is 25.2 Å². The number of nitrogens with one attached hydrogen (secondary N) is 1. The first-order valence-electron chi connectivity index (χ1n) is 7.42. The van der Waals surface area contributed by atoms with Gasteiger partial charge in [0.1, 0.15) is 6.04 Å². The third-order valence-corrected chi connectivity index (χ3v) is 5.43. The predicted molar refractivity (Wildman–Crippen MR) is 86.0 cm³/mol. The van der Waals surface area contributed by atoms with E-state index in [0.29, 0.717) is 24.2 Å². The van der Waals surface area contributed by atoms with Crippen molar-refractivity contribution in [3.63, 3.8) is 0 Å². The lowest BCUT2D eigenvalue weighted by Crippen LogP contribution is -2.44. The number of carbonyl (C=O) groups is 2. The number of rotatable bonds is 6. The Hall–Kier alpha value is -1.97. The van der Waals surface area contributed by atoms with E-state index in [1.54, 1.807) is 24.0 Å². The molecule has 0 bridgehead atoms. The molecule has 1 heterocycles. The van der Waals surface area contributed by atoms with Crippen molar-refractivity contribution < 1.29 is 27.9 Å². The van der Waals surface area contributed by atoms with Gasteiger partial charge in [-0.2, -0.15) is 4.72 Å². The topological polar surface area (TPSA) is 113 Å². The van der Waals surface area contributed by atoms with Crippen LogP contribution in [0.1, 0.15) is 18.4 Å². The van der Waals surface area contributed by atoms with E-state index in [-0.39, 0.29) is 10.8 Å². The second kappa shape index (κ2) is 7.29. The number of carbonyl (C=O) groups excluding carboxylic acids is 2. The van der Waals surface area contributed by atoms with Gasteiger partial charge in [-0.05, 0) is 37.1 Å². The van der Waals surface area contributed by atoms with E-state index in [1.165, 1.54) is 6.07 Å². The van der Waals surface area contributed by atoms with Crippen LogP contribution in [0.5, 0.6) is 0 Å². The van der Waals surface area contributed by atoms with E-state index < -0.39 is 28.6 Å². The third-order valence-electron chi connectivity index (χ3n) is 3.80. The van der Waals surface area contributed by atoms with Crippen LogP contribution in [0.25, 0.3) is 0 Å². The maximum Gasteiger partial charge on any atom is 0.326 e. The largest absolute Gasteiger partial charge is 0.468 e. The normalized spacial score (nSPS) is 16.3. The fraction of sp³-hybridized carbons (Fsp3) is 0.467. The zero-order chi connectivity index (χ0) is 17.9. The van der Waals surface area contributed by atoms with Crippen molar-refractivity contribution in [3.05, 3.63) is 23.8 Å². The summed E-state index contributed by atoms with van der Waals surface area (Å²) < 4.78 is 31.4. The van der Waals surface area contributed by atoms with E-state index in [1.807, 2.05) is 0 Å². The highest BCUT2D eigenvalue weighted by Gasteiger charge is 2.28. The van der Waals surface area contributed by atoms with Crippen molar-refractivity contribution in [1.29, 1.82) is 0 Å². The summed E-state index contributed by atoms with van der Waals surface area (Å²) in [5.74, 6) is -0.868. The van der Waals surface area contributed by atoms with E-state index in [4.69, 9.17) is 5.11 Å². The summed E-state index contributed by atoms with van der Waals surface area (Å²) in [7, 11) is -2.92. The Morgan fingerprint density at radius 3 is 2.67 bits per heavy atom. The van der Waals surface area contributed by atoms with Crippen LogP contribution in [0, 0.1) is 6.92 Å². The molecule has 0 aromatic heterocycles. The van der Waals surface area contributed by atoms with Crippen molar-refractivity contribution in [3.8, 4) is 0 Å². The van der Waals surface area contributed by atoms with Crippen molar-refractivity contribution >= 4 is 27.6 Å². The minimum atomic E-state index is -4.03. The molecule has 24 heavy (non-hydrogen) atoms. The van der Waals surface area contributed by atoms with Crippen LogP contribution in [0.15, 0.2) is 23.1 Å². The third kappa shape index (κ3) is 3.74. The lowest BCUT2D eigenvalue weighted by molar-refractivity contribution is -0.143. The molecule has 1 fully saturated rings. The minimum Gasteiger partial charge on any atom is -0.468 e. The Bertz CT molecular complexity index is 746. The van der Waals surface area contributed by atoms with E-state index in [0.717, 1.165) is 13.5 Å². The van der Waals surface area contributed by atoms with Crippen molar-refractivity contribution in [2.24, 2.45) is 0 Å². The van der Waals surface area contributed by atoms with Gasteiger partial charge in [-0.1, -0.05) is 0 Å². The molecular weight excluding hydrogens is 336 g/mol. The first kappa shape index (κ1) is 18.4. The van der Waals surface area contributed by atoms with E-state index in [9.17, 15) is 18.0 Å². The molecular formula is C15H20N2O6S. The number of hydrogen-bond acceptors (Lipinski definition) is 6. The highest BCUT2D eigenvalue weighted by atomic mass is 32.2. The molecule has 2 N–H and O–H groups in total. The van der Waals surface area contributed by atoms with Gasteiger partial charge in [0.2, 0.25) is 15.9 Å². The first-order chi connectivity index (χ1) is 11.3. The van der Waals surface area contributed by atoms with Gasteiger partial charge in [0.05, 0.1) is 18.6 Å². The van der Waals surface area contributed by atoms with Crippen molar-refractivity contribution in [1.82, 2.24) is 4.72 Å². The minimum absolute atomic E-state index is 0.00849. The quantitative estimate of drug-likeness (QED) is 0.690. The van der Waals surface area contributed by atoms with Gasteiger partial charge in [-0.3, -0.25) is 9.59 Å². The molecule has 1 aliphatic heterocycles.